The van der Waals surface area contributed by atoms with Gasteiger partial charge in [-0.25, -0.2) is 18.3 Å². The number of benzene rings is 2. The van der Waals surface area contributed by atoms with Crippen molar-refractivity contribution in [2.24, 2.45) is 0 Å². The summed E-state index contributed by atoms with van der Waals surface area (Å²) in [6, 6.07) is 12.4. The number of aromatic nitrogens is 4. The minimum Gasteiger partial charge on any atom is -0.488 e. The Kier molecular flexibility index (Phi) is 10.5. The van der Waals surface area contributed by atoms with E-state index in [1.54, 1.807) is 6.92 Å². The Morgan fingerprint density at radius 1 is 1.07 bits per heavy atom. The molecule has 0 saturated carbocycles. The van der Waals surface area contributed by atoms with Gasteiger partial charge in [0.25, 0.3) is 5.56 Å². The number of aryl methyl sites for hydroxylation is 1. The molecular weight excluding hydrogens is 569 g/mol. The van der Waals surface area contributed by atoms with Gasteiger partial charge in [-0.2, -0.15) is 23.3 Å². The molecule has 2 aromatic carbocycles. The molecule has 0 aliphatic heterocycles. The lowest BCUT2D eigenvalue weighted by Crippen LogP contribution is -2.22. The van der Waals surface area contributed by atoms with Crippen LogP contribution in [0.5, 0.6) is 5.75 Å². The zero-order valence-corrected chi connectivity index (χ0v) is 22.7. The summed E-state index contributed by atoms with van der Waals surface area (Å²) < 4.78 is 72.6. The molecule has 4 rings (SSSR count). The van der Waals surface area contributed by atoms with E-state index in [0.717, 1.165) is 29.8 Å². The van der Waals surface area contributed by atoms with Crippen LogP contribution in [0.2, 0.25) is 0 Å². The Bertz CT molecular complexity index is 1560. The van der Waals surface area contributed by atoms with E-state index in [1.807, 2.05) is 43.3 Å². The lowest BCUT2D eigenvalue weighted by atomic mass is 10.1. The van der Waals surface area contributed by atoms with Gasteiger partial charge in [-0.3, -0.25) is 4.79 Å². The highest BCUT2D eigenvalue weighted by Crippen LogP contribution is 2.28. The van der Waals surface area contributed by atoms with Crippen molar-refractivity contribution in [3.05, 3.63) is 82.0 Å². The lowest BCUT2D eigenvalue weighted by molar-refractivity contribution is -0.192. The summed E-state index contributed by atoms with van der Waals surface area (Å²) in [6.45, 7) is 2.78. The fraction of sp³-hybridized carbons (Fsp3) is 0.296. The Morgan fingerprint density at radius 3 is 2.31 bits per heavy atom. The maximum atomic E-state index is 14.6. The molecule has 0 bridgehead atoms. The molecule has 4 aromatic rings. The number of ether oxygens (including phenoxy) is 1. The van der Waals surface area contributed by atoms with Crippen molar-refractivity contribution in [2.75, 3.05) is 27.2 Å². The third-order valence-electron chi connectivity index (χ3n) is 5.44. The summed E-state index contributed by atoms with van der Waals surface area (Å²) in [5, 5.41) is 15.4. The van der Waals surface area contributed by atoms with Gasteiger partial charge in [0.05, 0.1) is 18.8 Å². The molecule has 2 aromatic heterocycles. The summed E-state index contributed by atoms with van der Waals surface area (Å²) >= 11 is 0. The Balaban J connectivity index is 0.000000616. The highest BCUT2D eigenvalue weighted by molar-refractivity contribution is 5.73. The molecule has 0 aliphatic rings. The van der Waals surface area contributed by atoms with Crippen molar-refractivity contribution in [2.45, 2.75) is 26.1 Å². The second-order valence-corrected chi connectivity index (χ2v) is 9.13. The van der Waals surface area contributed by atoms with Crippen molar-refractivity contribution in [1.29, 1.82) is 0 Å². The Hall–Kier alpha value is -4.66. The first-order valence-electron chi connectivity index (χ1n) is 12.3. The number of hydrogen-bond donors (Lipinski definition) is 1. The third kappa shape index (κ3) is 8.92. The van der Waals surface area contributed by atoms with E-state index in [-0.39, 0.29) is 30.0 Å². The van der Waals surface area contributed by atoms with Crippen molar-refractivity contribution >= 4 is 5.97 Å². The Morgan fingerprint density at radius 2 is 1.74 bits per heavy atom. The molecule has 2 heterocycles. The predicted molar refractivity (Wildman–Crippen MR) is 140 cm³/mol. The van der Waals surface area contributed by atoms with Gasteiger partial charge >= 0.3 is 12.1 Å². The number of carboxylic acids is 1. The molecular formula is C27H26F5N5O5. The van der Waals surface area contributed by atoms with Gasteiger partial charge in [0.15, 0.2) is 17.4 Å². The summed E-state index contributed by atoms with van der Waals surface area (Å²) in [5.41, 5.74) is 1.61. The average molecular weight is 596 g/mol. The van der Waals surface area contributed by atoms with Crippen molar-refractivity contribution in [3.8, 4) is 28.4 Å². The van der Waals surface area contributed by atoms with Gasteiger partial charge in [-0.1, -0.05) is 23.4 Å². The molecule has 0 unspecified atom stereocenters. The van der Waals surface area contributed by atoms with Crippen molar-refractivity contribution < 1.29 is 41.1 Å². The van der Waals surface area contributed by atoms with Crippen LogP contribution in [0.3, 0.4) is 0 Å². The van der Waals surface area contributed by atoms with Crippen LogP contribution in [0.4, 0.5) is 22.0 Å². The SMILES string of the molecule is Cc1nc(-c2cccc(Cn3nc(-c4cc(F)c(OCCCN(C)C)c(F)c4)ccc3=O)c2)no1.O=C(O)C(F)(F)F. The molecule has 224 valence electrons. The molecule has 1 N–H and O–H groups in total. The monoisotopic (exact) mass is 595 g/mol. The van der Waals surface area contributed by atoms with E-state index in [0.29, 0.717) is 18.1 Å². The van der Waals surface area contributed by atoms with E-state index in [4.69, 9.17) is 19.2 Å². The number of halogens is 5. The first kappa shape index (κ1) is 31.9. The average Bonchev–Trinajstić information content (AvgIpc) is 3.35. The smallest absolute Gasteiger partial charge is 0.488 e. The van der Waals surface area contributed by atoms with Crippen molar-refractivity contribution in [1.82, 2.24) is 24.8 Å². The topological polar surface area (TPSA) is 124 Å². The van der Waals surface area contributed by atoms with Gasteiger partial charge in [-0.15, -0.1) is 0 Å². The molecule has 0 spiro atoms. The molecule has 0 saturated heterocycles. The van der Waals surface area contributed by atoms with Crippen LogP contribution in [0.25, 0.3) is 22.6 Å². The van der Waals surface area contributed by atoms with Crippen LogP contribution in [0.15, 0.2) is 57.8 Å². The molecule has 0 radical (unpaired) electrons. The Labute approximate surface area is 236 Å². The summed E-state index contributed by atoms with van der Waals surface area (Å²) in [4.78, 5) is 27.5. The standard InChI is InChI=1S/C25H25F2N5O3.C2HF3O2/c1-16-28-25(30-35-16)18-7-4-6-17(12-18)15-32-23(33)9-8-22(29-32)19-13-20(26)24(21(27)14-19)34-11-5-10-31(2)3;3-2(4,5)1(6)7/h4,6-9,12-14H,5,10-11,15H2,1-3H3;(H,6,7). The largest absolute Gasteiger partial charge is 0.490 e. The number of hydrogen-bond acceptors (Lipinski definition) is 8. The number of rotatable bonds is 9. The zero-order chi connectivity index (χ0) is 31.0. The quantitative estimate of drug-likeness (QED) is 0.219. The van der Waals surface area contributed by atoms with E-state index < -0.39 is 29.5 Å². The first-order chi connectivity index (χ1) is 19.7. The number of carboxylic acid groups (broad SMARTS) is 1. The van der Waals surface area contributed by atoms with Crippen LogP contribution in [0.1, 0.15) is 17.9 Å². The first-order valence-corrected chi connectivity index (χ1v) is 12.3. The molecule has 10 nitrogen and oxygen atoms in total. The second kappa shape index (κ2) is 13.8. The predicted octanol–water partition coefficient (Wildman–Crippen LogP) is 4.56. The number of alkyl halides is 3. The van der Waals surface area contributed by atoms with Gasteiger partial charge < -0.3 is 19.3 Å². The van der Waals surface area contributed by atoms with E-state index in [1.165, 1.54) is 16.8 Å². The maximum Gasteiger partial charge on any atom is 0.490 e. The third-order valence-corrected chi connectivity index (χ3v) is 5.44. The minimum atomic E-state index is -5.08. The fourth-order valence-electron chi connectivity index (χ4n) is 3.52. The van der Waals surface area contributed by atoms with Crippen LogP contribution >= 0.6 is 0 Å². The van der Waals surface area contributed by atoms with Crippen molar-refractivity contribution in [3.63, 3.8) is 0 Å². The molecule has 42 heavy (non-hydrogen) atoms. The van der Waals surface area contributed by atoms with Crippen LogP contribution in [-0.4, -0.2) is 69.3 Å². The van der Waals surface area contributed by atoms with E-state index >= 15 is 0 Å². The van der Waals surface area contributed by atoms with E-state index in [9.17, 15) is 26.7 Å². The molecule has 0 fully saturated rings. The minimum absolute atomic E-state index is 0.148. The molecule has 0 atom stereocenters. The zero-order valence-electron chi connectivity index (χ0n) is 22.7. The number of aliphatic carboxylic acids is 1. The lowest BCUT2D eigenvalue weighted by Gasteiger charge is -2.13. The van der Waals surface area contributed by atoms with Crippen LogP contribution < -0.4 is 10.3 Å². The normalized spacial score (nSPS) is 11.3. The molecule has 0 amide bonds. The maximum absolute atomic E-state index is 14.6. The number of carbonyl (C=O) groups is 1. The number of nitrogens with zero attached hydrogens (tertiary/aromatic N) is 5. The van der Waals surface area contributed by atoms with Crippen LogP contribution in [0, 0.1) is 18.6 Å². The van der Waals surface area contributed by atoms with Crippen LogP contribution in [-0.2, 0) is 11.3 Å². The van der Waals surface area contributed by atoms with E-state index in [2.05, 4.69) is 15.2 Å². The highest BCUT2D eigenvalue weighted by Gasteiger charge is 2.38. The molecule has 0 aliphatic carbocycles. The summed E-state index contributed by atoms with van der Waals surface area (Å²) in [7, 11) is 3.82. The summed E-state index contributed by atoms with van der Waals surface area (Å²) in [5.74, 6) is -3.95. The van der Waals surface area contributed by atoms with Gasteiger partial charge in [0, 0.05) is 30.7 Å². The molecule has 15 heteroatoms. The van der Waals surface area contributed by atoms with Gasteiger partial charge in [-0.05, 0) is 50.3 Å². The second-order valence-electron chi connectivity index (χ2n) is 9.13. The summed E-state index contributed by atoms with van der Waals surface area (Å²) in [6.07, 6.45) is -4.45. The van der Waals surface area contributed by atoms with Gasteiger partial charge in [0.1, 0.15) is 0 Å². The fourth-order valence-corrected chi connectivity index (χ4v) is 3.52. The van der Waals surface area contributed by atoms with Gasteiger partial charge in [0.2, 0.25) is 11.7 Å². The highest BCUT2D eigenvalue weighted by atomic mass is 19.4.